The van der Waals surface area contributed by atoms with Crippen molar-refractivity contribution in [2.75, 3.05) is 12.1 Å². The Balaban J connectivity index is 1.65. The molecular weight excluding hydrogens is 470 g/mol. The van der Waals surface area contributed by atoms with Crippen molar-refractivity contribution in [1.82, 2.24) is 5.43 Å². The molecule has 1 aliphatic heterocycles. The van der Waals surface area contributed by atoms with Crippen molar-refractivity contribution in [3.8, 4) is 17.1 Å². The van der Waals surface area contributed by atoms with Gasteiger partial charge in [0, 0.05) is 4.47 Å². The van der Waals surface area contributed by atoms with Crippen molar-refractivity contribution >= 4 is 45.2 Å². The van der Waals surface area contributed by atoms with Gasteiger partial charge >= 0.3 is 0 Å². The third-order valence-electron chi connectivity index (χ3n) is 4.54. The van der Waals surface area contributed by atoms with Crippen LogP contribution in [0.25, 0.3) is 17.4 Å². The number of amides is 2. The smallest absolute Gasteiger partial charge is 0.284 e. The minimum atomic E-state index is -0.585. The molecule has 3 aromatic rings. The lowest BCUT2D eigenvalue weighted by Crippen LogP contribution is -2.35. The second-order valence-electron chi connectivity index (χ2n) is 6.46. The lowest BCUT2D eigenvalue weighted by molar-refractivity contribution is -0.384. The molecule has 1 saturated heterocycles. The summed E-state index contributed by atoms with van der Waals surface area (Å²) in [4.78, 5) is 36.0. The van der Waals surface area contributed by atoms with Gasteiger partial charge in [-0.05, 0) is 48.5 Å². The molecule has 31 heavy (non-hydrogen) atoms. The fraction of sp³-hybridized carbons (Fsp3) is 0.0476. The summed E-state index contributed by atoms with van der Waals surface area (Å²) < 4.78 is 11.5. The summed E-state index contributed by atoms with van der Waals surface area (Å²) in [6.45, 7) is 0. The van der Waals surface area contributed by atoms with Gasteiger partial charge in [-0.15, -0.1) is 0 Å². The van der Waals surface area contributed by atoms with Crippen molar-refractivity contribution < 1.29 is 23.7 Å². The Hall–Kier alpha value is -3.92. The van der Waals surface area contributed by atoms with Crippen molar-refractivity contribution in [3.63, 3.8) is 0 Å². The predicted octanol–water partition coefficient (Wildman–Crippen LogP) is 4.09. The van der Waals surface area contributed by atoms with Crippen molar-refractivity contribution in [2.24, 2.45) is 0 Å². The number of hydrogen-bond donors (Lipinski definition) is 1. The molecule has 0 atom stereocenters. The zero-order valence-corrected chi connectivity index (χ0v) is 17.6. The minimum absolute atomic E-state index is 0.120. The fourth-order valence-electron chi connectivity index (χ4n) is 3.07. The second kappa shape index (κ2) is 8.07. The third-order valence-corrected chi connectivity index (χ3v) is 5.03. The predicted molar refractivity (Wildman–Crippen MR) is 115 cm³/mol. The number of nitro groups is 1. The van der Waals surface area contributed by atoms with Gasteiger partial charge in [0.25, 0.3) is 17.5 Å². The maximum atomic E-state index is 12.7. The van der Waals surface area contributed by atoms with E-state index < -0.39 is 16.7 Å². The van der Waals surface area contributed by atoms with Gasteiger partial charge in [-0.1, -0.05) is 22.0 Å². The molecule has 0 aliphatic carbocycles. The second-order valence-corrected chi connectivity index (χ2v) is 7.38. The zero-order valence-electron chi connectivity index (χ0n) is 16.0. The molecular formula is C21H14BrN3O6. The summed E-state index contributed by atoms with van der Waals surface area (Å²) >= 11 is 3.33. The Morgan fingerprint density at radius 2 is 1.97 bits per heavy atom. The maximum Gasteiger partial charge on any atom is 0.284 e. The number of hydrazine groups is 1. The molecule has 1 aliphatic rings. The number of nitrogens with zero attached hydrogens (tertiary/aromatic N) is 2. The number of anilines is 1. The van der Waals surface area contributed by atoms with Gasteiger partial charge in [0.05, 0.1) is 29.4 Å². The lowest BCUT2D eigenvalue weighted by Gasteiger charge is -2.14. The molecule has 156 valence electrons. The van der Waals surface area contributed by atoms with Crippen LogP contribution in [-0.4, -0.2) is 23.8 Å². The summed E-state index contributed by atoms with van der Waals surface area (Å²) in [5.74, 6) is -0.370. The Kier molecular flexibility index (Phi) is 5.30. The lowest BCUT2D eigenvalue weighted by atomic mass is 10.1. The SMILES string of the molecule is COc1ccc(-c2ccc(C=C3C(=O)NN(c4cccc(Br)c4)C3=O)o2)c([N+](=O)[O-])c1. The Morgan fingerprint density at radius 3 is 2.68 bits per heavy atom. The summed E-state index contributed by atoms with van der Waals surface area (Å²) in [6, 6.07) is 14.3. The number of halogens is 1. The van der Waals surface area contributed by atoms with Crippen LogP contribution in [-0.2, 0) is 9.59 Å². The fourth-order valence-corrected chi connectivity index (χ4v) is 3.46. The Morgan fingerprint density at radius 1 is 1.16 bits per heavy atom. The van der Waals surface area contributed by atoms with Gasteiger partial charge in [0.1, 0.15) is 22.8 Å². The van der Waals surface area contributed by atoms with E-state index in [1.165, 1.54) is 37.5 Å². The van der Waals surface area contributed by atoms with Gasteiger partial charge < -0.3 is 9.15 Å². The molecule has 1 N–H and O–H groups in total. The van der Waals surface area contributed by atoms with Crippen LogP contribution in [0.5, 0.6) is 5.75 Å². The number of hydrogen-bond acceptors (Lipinski definition) is 6. The summed E-state index contributed by atoms with van der Waals surface area (Å²) in [5, 5.41) is 12.6. The van der Waals surface area contributed by atoms with Crippen LogP contribution in [0.15, 0.2) is 69.1 Å². The van der Waals surface area contributed by atoms with Crippen LogP contribution in [0, 0.1) is 10.1 Å². The number of nitrogens with one attached hydrogen (secondary N) is 1. The third kappa shape index (κ3) is 3.92. The van der Waals surface area contributed by atoms with Crippen LogP contribution in [0.3, 0.4) is 0 Å². The number of carbonyl (C=O) groups excluding carboxylic acids is 2. The first kappa shape index (κ1) is 20.4. The van der Waals surface area contributed by atoms with Crippen LogP contribution in [0.4, 0.5) is 11.4 Å². The van der Waals surface area contributed by atoms with Crippen molar-refractivity contribution in [1.29, 1.82) is 0 Å². The molecule has 9 nitrogen and oxygen atoms in total. The van der Waals surface area contributed by atoms with Gasteiger partial charge in [-0.3, -0.25) is 25.1 Å². The highest BCUT2D eigenvalue weighted by Gasteiger charge is 2.35. The van der Waals surface area contributed by atoms with Crippen LogP contribution in [0.2, 0.25) is 0 Å². The molecule has 0 bridgehead atoms. The number of ether oxygens (including phenoxy) is 1. The van der Waals surface area contributed by atoms with E-state index in [9.17, 15) is 19.7 Å². The number of methoxy groups -OCH3 is 1. The Labute approximate surface area is 184 Å². The maximum absolute atomic E-state index is 12.7. The first-order valence-electron chi connectivity index (χ1n) is 8.92. The van der Waals surface area contributed by atoms with Gasteiger partial charge in [0.2, 0.25) is 0 Å². The van der Waals surface area contributed by atoms with Crippen molar-refractivity contribution in [3.05, 3.63) is 80.5 Å². The molecule has 10 heteroatoms. The topological polar surface area (TPSA) is 115 Å². The van der Waals surface area contributed by atoms with E-state index in [-0.39, 0.29) is 28.3 Å². The highest BCUT2D eigenvalue weighted by atomic mass is 79.9. The molecule has 1 fully saturated rings. The zero-order chi connectivity index (χ0) is 22.1. The monoisotopic (exact) mass is 483 g/mol. The quantitative estimate of drug-likeness (QED) is 0.253. The minimum Gasteiger partial charge on any atom is -0.497 e. The van der Waals surface area contributed by atoms with E-state index in [4.69, 9.17) is 9.15 Å². The number of carbonyl (C=O) groups is 2. The largest absolute Gasteiger partial charge is 0.497 e. The standard InChI is InChI=1S/C21H14BrN3O6/c1-30-14-5-7-16(18(11-14)25(28)29)19-8-6-15(31-19)10-17-20(26)23-24(21(17)27)13-4-2-3-12(22)9-13/h2-11H,1H3,(H,23,26). The highest BCUT2D eigenvalue weighted by Crippen LogP contribution is 2.34. The molecule has 0 radical (unpaired) electrons. The normalized spacial score (nSPS) is 14.8. The van der Waals surface area contributed by atoms with E-state index in [1.807, 2.05) is 0 Å². The molecule has 2 heterocycles. The van der Waals surface area contributed by atoms with E-state index in [2.05, 4.69) is 21.4 Å². The van der Waals surface area contributed by atoms with Gasteiger partial charge in [0.15, 0.2) is 0 Å². The average molecular weight is 484 g/mol. The first-order chi connectivity index (χ1) is 14.9. The molecule has 0 spiro atoms. The molecule has 0 saturated carbocycles. The molecule has 0 unspecified atom stereocenters. The average Bonchev–Trinajstić information content (AvgIpc) is 3.33. The summed E-state index contributed by atoms with van der Waals surface area (Å²) in [6.07, 6.45) is 1.30. The van der Waals surface area contributed by atoms with E-state index in [0.717, 1.165) is 9.48 Å². The van der Waals surface area contributed by atoms with Gasteiger partial charge in [-0.25, -0.2) is 5.01 Å². The molecule has 2 aromatic carbocycles. The highest BCUT2D eigenvalue weighted by molar-refractivity contribution is 9.10. The molecule has 4 rings (SSSR count). The van der Waals surface area contributed by atoms with E-state index in [1.54, 1.807) is 30.3 Å². The van der Waals surface area contributed by atoms with Crippen LogP contribution < -0.4 is 15.2 Å². The van der Waals surface area contributed by atoms with Crippen LogP contribution in [0.1, 0.15) is 5.76 Å². The van der Waals surface area contributed by atoms with E-state index >= 15 is 0 Å². The van der Waals surface area contributed by atoms with Crippen LogP contribution >= 0.6 is 15.9 Å². The number of nitro benzene ring substituents is 1. The van der Waals surface area contributed by atoms with E-state index in [0.29, 0.717) is 11.4 Å². The Bertz CT molecular complexity index is 1250. The van der Waals surface area contributed by atoms with Gasteiger partial charge in [-0.2, -0.15) is 0 Å². The summed E-state index contributed by atoms with van der Waals surface area (Å²) in [7, 11) is 1.41. The first-order valence-corrected chi connectivity index (χ1v) is 9.72. The number of benzene rings is 2. The number of furan rings is 1. The van der Waals surface area contributed by atoms with Crippen molar-refractivity contribution in [2.45, 2.75) is 0 Å². The molecule has 1 aromatic heterocycles. The molecule has 2 amide bonds. The number of rotatable bonds is 5. The summed E-state index contributed by atoms with van der Waals surface area (Å²) in [5.41, 5.74) is 2.93.